The van der Waals surface area contributed by atoms with Gasteiger partial charge in [-0.05, 0) is 36.2 Å². The van der Waals surface area contributed by atoms with Crippen molar-refractivity contribution in [2.45, 2.75) is 19.9 Å². The van der Waals surface area contributed by atoms with Crippen molar-refractivity contribution in [1.82, 2.24) is 10.2 Å². The molecule has 0 aliphatic carbocycles. The van der Waals surface area contributed by atoms with Crippen LogP contribution in [0.5, 0.6) is 0 Å². The second kappa shape index (κ2) is 9.38. The molecule has 0 unspecified atom stereocenters. The molecule has 0 bridgehead atoms. The Morgan fingerprint density at radius 3 is 2.41 bits per heavy atom. The first-order valence-electron chi connectivity index (χ1n) is 8.53. The molecule has 0 fully saturated rings. The van der Waals surface area contributed by atoms with Crippen LogP contribution >= 0.6 is 0 Å². The van der Waals surface area contributed by atoms with Gasteiger partial charge in [-0.3, -0.25) is 4.79 Å². The minimum absolute atomic E-state index is 0.116. The van der Waals surface area contributed by atoms with Crippen molar-refractivity contribution >= 4 is 23.6 Å². The molecule has 2 aromatic carbocycles. The molecule has 2 aromatic rings. The number of nitrogens with one attached hydrogen (secondary N) is 2. The summed E-state index contributed by atoms with van der Waals surface area (Å²) in [6.07, 6.45) is 0.116. The number of hydrogen-bond donors (Lipinski definition) is 3. The van der Waals surface area contributed by atoms with Gasteiger partial charge in [-0.2, -0.15) is 0 Å². The van der Waals surface area contributed by atoms with Gasteiger partial charge in [0.1, 0.15) is 0 Å². The second-order valence-corrected chi connectivity index (χ2v) is 6.21. The quantitative estimate of drug-likeness (QED) is 0.699. The molecule has 2 rings (SSSR count). The Morgan fingerprint density at radius 1 is 1.07 bits per heavy atom. The van der Waals surface area contributed by atoms with Gasteiger partial charge < -0.3 is 20.6 Å². The van der Waals surface area contributed by atoms with Gasteiger partial charge in [0.15, 0.2) is 0 Å². The van der Waals surface area contributed by atoms with Crippen LogP contribution in [0.3, 0.4) is 0 Å². The number of carboxylic acid groups (broad SMARTS) is 1. The zero-order valence-corrected chi connectivity index (χ0v) is 15.4. The van der Waals surface area contributed by atoms with Crippen LogP contribution in [0, 0.1) is 6.92 Å². The molecule has 27 heavy (non-hydrogen) atoms. The van der Waals surface area contributed by atoms with Gasteiger partial charge in [0.25, 0.3) is 0 Å². The summed E-state index contributed by atoms with van der Waals surface area (Å²) in [5, 5.41) is 14.4. The average Bonchev–Trinajstić information content (AvgIpc) is 2.62. The van der Waals surface area contributed by atoms with Crippen LogP contribution in [0.15, 0.2) is 48.5 Å². The normalized spacial score (nSPS) is 10.1. The molecule has 0 heterocycles. The van der Waals surface area contributed by atoms with E-state index in [1.807, 2.05) is 30.3 Å². The lowest BCUT2D eigenvalue weighted by Crippen LogP contribution is -2.38. The lowest BCUT2D eigenvalue weighted by atomic mass is 10.1. The van der Waals surface area contributed by atoms with Gasteiger partial charge in [-0.25, -0.2) is 9.59 Å². The number of aryl methyl sites for hydroxylation is 1. The Kier molecular flexibility index (Phi) is 6.93. The maximum absolute atomic E-state index is 12.1. The number of nitrogens with zero attached hydrogens (tertiary/aromatic N) is 1. The largest absolute Gasteiger partial charge is 0.478 e. The fourth-order valence-corrected chi connectivity index (χ4v) is 2.55. The molecule has 3 amide bonds. The van der Waals surface area contributed by atoms with E-state index in [1.165, 1.54) is 6.07 Å². The number of hydrogen-bond acceptors (Lipinski definition) is 3. The molecule has 7 heteroatoms. The first-order chi connectivity index (χ1) is 12.9. The predicted molar refractivity (Wildman–Crippen MR) is 103 cm³/mol. The summed E-state index contributed by atoms with van der Waals surface area (Å²) in [4.78, 5) is 36.6. The molecule has 3 N–H and O–H groups in total. The molecule has 0 spiro atoms. The summed E-state index contributed by atoms with van der Waals surface area (Å²) >= 11 is 0. The van der Waals surface area contributed by atoms with E-state index in [0.717, 1.165) is 5.56 Å². The molecule has 7 nitrogen and oxygen atoms in total. The van der Waals surface area contributed by atoms with Crippen LogP contribution in [0.4, 0.5) is 10.5 Å². The van der Waals surface area contributed by atoms with Crippen molar-refractivity contribution in [3.8, 4) is 0 Å². The van der Waals surface area contributed by atoms with Gasteiger partial charge >= 0.3 is 12.0 Å². The van der Waals surface area contributed by atoms with E-state index in [1.54, 1.807) is 31.0 Å². The highest BCUT2D eigenvalue weighted by molar-refractivity contribution is 5.93. The fourth-order valence-electron chi connectivity index (χ4n) is 2.55. The topological polar surface area (TPSA) is 98.7 Å². The smallest absolute Gasteiger partial charge is 0.335 e. The van der Waals surface area contributed by atoms with Crippen LogP contribution in [-0.4, -0.2) is 41.5 Å². The molecule has 0 saturated carbocycles. The number of aromatic carboxylic acids is 1. The Balaban J connectivity index is 1.76. The highest BCUT2D eigenvalue weighted by atomic mass is 16.4. The lowest BCUT2D eigenvalue weighted by molar-refractivity contribution is -0.116. The van der Waals surface area contributed by atoms with E-state index in [-0.39, 0.29) is 30.5 Å². The molecule has 142 valence electrons. The van der Waals surface area contributed by atoms with Gasteiger partial charge in [-0.1, -0.05) is 30.3 Å². The number of urea groups is 1. The molecule has 0 aliphatic rings. The Bertz CT molecular complexity index is 821. The highest BCUT2D eigenvalue weighted by Gasteiger charge is 2.11. The number of amides is 3. The van der Waals surface area contributed by atoms with Crippen molar-refractivity contribution in [3.05, 3.63) is 65.2 Å². The Hall–Kier alpha value is -3.35. The third-order valence-corrected chi connectivity index (χ3v) is 3.98. The summed E-state index contributed by atoms with van der Waals surface area (Å²) in [5.74, 6) is -1.27. The SMILES string of the molecule is Cc1cc(NC(=O)CCNC(=O)N(C)Cc2ccccc2)ccc1C(=O)O. The summed E-state index contributed by atoms with van der Waals surface area (Å²) in [6.45, 7) is 2.35. The third kappa shape index (κ3) is 6.14. The number of rotatable bonds is 7. The van der Waals surface area contributed by atoms with Crippen molar-refractivity contribution in [1.29, 1.82) is 0 Å². The summed E-state index contributed by atoms with van der Waals surface area (Å²) in [6, 6.07) is 14.0. The third-order valence-electron chi connectivity index (χ3n) is 3.98. The van der Waals surface area contributed by atoms with E-state index < -0.39 is 5.97 Å². The number of carbonyl (C=O) groups excluding carboxylic acids is 2. The molecule has 0 atom stereocenters. The molecule has 0 aromatic heterocycles. The van der Waals surface area contributed by atoms with Gasteiger partial charge in [0, 0.05) is 32.2 Å². The van der Waals surface area contributed by atoms with Crippen molar-refractivity contribution in [2.24, 2.45) is 0 Å². The number of anilines is 1. The molecular formula is C20H23N3O4. The number of carboxylic acids is 1. The van der Waals surface area contributed by atoms with E-state index in [9.17, 15) is 14.4 Å². The van der Waals surface area contributed by atoms with Crippen LogP contribution in [-0.2, 0) is 11.3 Å². The maximum atomic E-state index is 12.1. The van der Waals surface area contributed by atoms with Gasteiger partial charge in [-0.15, -0.1) is 0 Å². The van der Waals surface area contributed by atoms with E-state index in [4.69, 9.17) is 5.11 Å². The van der Waals surface area contributed by atoms with Crippen LogP contribution in [0.1, 0.15) is 27.9 Å². The molecule has 0 saturated heterocycles. The average molecular weight is 369 g/mol. The monoisotopic (exact) mass is 369 g/mol. The van der Waals surface area contributed by atoms with Crippen molar-refractivity contribution in [3.63, 3.8) is 0 Å². The second-order valence-electron chi connectivity index (χ2n) is 6.21. The zero-order chi connectivity index (χ0) is 19.8. The van der Waals surface area contributed by atoms with Gasteiger partial charge in [0.05, 0.1) is 5.56 Å². The molecule has 0 radical (unpaired) electrons. The Morgan fingerprint density at radius 2 is 1.78 bits per heavy atom. The summed E-state index contributed by atoms with van der Waals surface area (Å²) < 4.78 is 0. The van der Waals surface area contributed by atoms with Crippen LogP contribution in [0.25, 0.3) is 0 Å². The van der Waals surface area contributed by atoms with Crippen molar-refractivity contribution < 1.29 is 19.5 Å². The molecule has 0 aliphatic heterocycles. The predicted octanol–water partition coefficient (Wildman–Crippen LogP) is 2.86. The van der Waals surface area contributed by atoms with E-state index in [2.05, 4.69) is 10.6 Å². The van der Waals surface area contributed by atoms with E-state index >= 15 is 0 Å². The van der Waals surface area contributed by atoms with Crippen LogP contribution < -0.4 is 10.6 Å². The lowest BCUT2D eigenvalue weighted by Gasteiger charge is -2.18. The maximum Gasteiger partial charge on any atom is 0.335 e. The number of benzene rings is 2. The highest BCUT2D eigenvalue weighted by Crippen LogP contribution is 2.15. The summed E-state index contributed by atoms with van der Waals surface area (Å²) in [7, 11) is 1.69. The van der Waals surface area contributed by atoms with Crippen molar-refractivity contribution in [2.75, 3.05) is 18.9 Å². The van der Waals surface area contributed by atoms with E-state index in [0.29, 0.717) is 17.8 Å². The standard InChI is InChI=1S/C20H23N3O4/c1-14-12-16(8-9-17(14)19(25)26)22-18(24)10-11-21-20(27)23(2)13-15-6-4-3-5-7-15/h3-9,12H,10-11,13H2,1-2H3,(H,21,27)(H,22,24)(H,25,26). The first kappa shape index (κ1) is 20.0. The number of carbonyl (C=O) groups is 3. The fraction of sp³-hybridized carbons (Fsp3) is 0.250. The summed E-state index contributed by atoms with van der Waals surface area (Å²) in [5.41, 5.74) is 2.31. The first-order valence-corrected chi connectivity index (χ1v) is 8.53. The van der Waals surface area contributed by atoms with Crippen LogP contribution in [0.2, 0.25) is 0 Å². The van der Waals surface area contributed by atoms with Gasteiger partial charge in [0.2, 0.25) is 5.91 Å². The zero-order valence-electron chi connectivity index (χ0n) is 15.4. The molecular weight excluding hydrogens is 346 g/mol. The Labute approximate surface area is 158 Å². The minimum Gasteiger partial charge on any atom is -0.478 e. The minimum atomic E-state index is -1.01.